The standard InChI is InChI=1S/C9H11NO5/c11-7-3-1-6(2-4-7)5-8(9(12)13)10(14)15/h1-4,8,11,14-15H,5H2,(H,12,13)/p-1. The second-order valence-corrected chi connectivity index (χ2v) is 3.03. The normalized spacial score (nSPS) is 12.7. The Bertz CT molecular complexity index is 335. The first-order valence-corrected chi connectivity index (χ1v) is 4.16. The van der Waals surface area contributed by atoms with Gasteiger partial charge in [-0.1, -0.05) is 17.4 Å². The van der Waals surface area contributed by atoms with Crippen molar-refractivity contribution < 1.29 is 25.4 Å². The molecule has 6 nitrogen and oxygen atoms in total. The van der Waals surface area contributed by atoms with Crippen molar-refractivity contribution >= 4 is 5.97 Å². The third-order valence-corrected chi connectivity index (χ3v) is 1.92. The third kappa shape index (κ3) is 3.21. The van der Waals surface area contributed by atoms with Crippen molar-refractivity contribution in [2.45, 2.75) is 12.5 Å². The number of phenols is 1. The molecule has 0 aromatic heterocycles. The van der Waals surface area contributed by atoms with Gasteiger partial charge in [0, 0.05) is 0 Å². The van der Waals surface area contributed by atoms with Crippen LogP contribution in [0, 0.1) is 0 Å². The quantitative estimate of drug-likeness (QED) is 0.560. The van der Waals surface area contributed by atoms with E-state index in [0.717, 1.165) is 0 Å². The number of nitrogens with zero attached hydrogens (tertiary/aromatic N) is 1. The van der Waals surface area contributed by atoms with E-state index in [1.54, 1.807) is 0 Å². The number of phenolic OH excluding ortho intramolecular Hbond substituents is 1. The molecule has 1 aromatic rings. The molecule has 0 bridgehead atoms. The highest BCUT2D eigenvalue weighted by molar-refractivity contribution is 5.71. The summed E-state index contributed by atoms with van der Waals surface area (Å²) in [5, 5.41) is 36.3. The highest BCUT2D eigenvalue weighted by Gasteiger charge is 2.16. The van der Waals surface area contributed by atoms with E-state index in [9.17, 15) is 9.90 Å². The van der Waals surface area contributed by atoms with Crippen molar-refractivity contribution in [2.24, 2.45) is 0 Å². The van der Waals surface area contributed by atoms with Gasteiger partial charge in [-0.05, 0) is 24.1 Å². The lowest BCUT2D eigenvalue weighted by Gasteiger charge is -2.21. The van der Waals surface area contributed by atoms with Gasteiger partial charge in [0.25, 0.3) is 0 Å². The van der Waals surface area contributed by atoms with E-state index in [0.29, 0.717) is 5.56 Å². The van der Waals surface area contributed by atoms with Gasteiger partial charge in [0.15, 0.2) is 0 Å². The maximum absolute atomic E-state index is 10.5. The zero-order chi connectivity index (χ0) is 11.4. The lowest BCUT2D eigenvalue weighted by molar-refractivity contribution is -0.363. The van der Waals surface area contributed by atoms with Crippen molar-refractivity contribution in [1.82, 2.24) is 5.23 Å². The first-order valence-electron chi connectivity index (χ1n) is 4.16. The van der Waals surface area contributed by atoms with E-state index in [1.165, 1.54) is 24.3 Å². The van der Waals surface area contributed by atoms with Crippen LogP contribution in [0.4, 0.5) is 0 Å². The minimum Gasteiger partial charge on any atom is -0.548 e. The summed E-state index contributed by atoms with van der Waals surface area (Å²) in [7, 11) is 0. The molecule has 82 valence electrons. The first kappa shape index (κ1) is 11.4. The molecule has 0 spiro atoms. The van der Waals surface area contributed by atoms with Crippen LogP contribution in [0.1, 0.15) is 5.56 Å². The predicted octanol–water partition coefficient (Wildman–Crippen LogP) is -0.866. The van der Waals surface area contributed by atoms with E-state index in [-0.39, 0.29) is 12.2 Å². The van der Waals surface area contributed by atoms with Crippen LogP contribution in [-0.4, -0.2) is 32.8 Å². The second-order valence-electron chi connectivity index (χ2n) is 3.03. The summed E-state index contributed by atoms with van der Waals surface area (Å²) in [5.74, 6) is -1.54. The van der Waals surface area contributed by atoms with Gasteiger partial charge in [-0.2, -0.15) is 0 Å². The molecular formula is C9H10NO5-. The number of carbonyl (C=O) groups excluding carboxylic acids is 1. The van der Waals surface area contributed by atoms with E-state index in [4.69, 9.17) is 15.5 Å². The second kappa shape index (κ2) is 4.74. The average molecular weight is 212 g/mol. The van der Waals surface area contributed by atoms with E-state index >= 15 is 0 Å². The highest BCUT2D eigenvalue weighted by atomic mass is 16.8. The number of hydroxylamine groups is 2. The van der Waals surface area contributed by atoms with E-state index < -0.39 is 17.2 Å². The van der Waals surface area contributed by atoms with Crippen LogP contribution in [0.25, 0.3) is 0 Å². The third-order valence-electron chi connectivity index (χ3n) is 1.92. The van der Waals surface area contributed by atoms with Crippen molar-refractivity contribution in [3.8, 4) is 5.75 Å². The van der Waals surface area contributed by atoms with Crippen molar-refractivity contribution in [1.29, 1.82) is 0 Å². The van der Waals surface area contributed by atoms with Crippen LogP contribution in [-0.2, 0) is 11.2 Å². The molecule has 3 N–H and O–H groups in total. The highest BCUT2D eigenvalue weighted by Crippen LogP contribution is 2.12. The van der Waals surface area contributed by atoms with Gasteiger partial charge >= 0.3 is 0 Å². The molecule has 1 unspecified atom stereocenters. The van der Waals surface area contributed by atoms with Crippen LogP contribution in [0.15, 0.2) is 24.3 Å². The average Bonchev–Trinajstić information content (AvgIpc) is 2.15. The smallest absolute Gasteiger partial charge is 0.115 e. The Labute approximate surface area is 85.5 Å². The van der Waals surface area contributed by atoms with Crippen LogP contribution >= 0.6 is 0 Å². The molecule has 0 aliphatic heterocycles. The molecular weight excluding hydrogens is 202 g/mol. The van der Waals surface area contributed by atoms with Crippen molar-refractivity contribution in [2.75, 3.05) is 0 Å². The fourth-order valence-electron chi connectivity index (χ4n) is 1.11. The minimum absolute atomic E-state index is 0.0496. The molecule has 0 saturated carbocycles. The largest absolute Gasteiger partial charge is 0.548 e. The summed E-state index contributed by atoms with van der Waals surface area (Å²) < 4.78 is 0. The van der Waals surface area contributed by atoms with Gasteiger partial charge in [-0.25, -0.2) is 0 Å². The number of hydrogen-bond acceptors (Lipinski definition) is 6. The topological polar surface area (TPSA) is 104 Å². The Morgan fingerprint density at radius 3 is 2.27 bits per heavy atom. The number of aromatic hydroxyl groups is 1. The summed E-state index contributed by atoms with van der Waals surface area (Å²) in [6, 6.07) is 4.18. The van der Waals surface area contributed by atoms with Crippen molar-refractivity contribution in [3.63, 3.8) is 0 Å². The number of carboxylic acid groups (broad SMARTS) is 1. The SMILES string of the molecule is O=C([O-])C(Cc1ccc(O)cc1)N(O)O. The Hall–Kier alpha value is -1.63. The molecule has 0 fully saturated rings. The number of aliphatic carboxylic acids is 1. The van der Waals surface area contributed by atoms with E-state index in [2.05, 4.69) is 0 Å². The molecule has 0 heterocycles. The van der Waals surface area contributed by atoms with Crippen LogP contribution in [0.3, 0.4) is 0 Å². The summed E-state index contributed by atoms with van der Waals surface area (Å²) in [6.45, 7) is 0. The lowest BCUT2D eigenvalue weighted by Crippen LogP contribution is -2.46. The van der Waals surface area contributed by atoms with Crippen LogP contribution < -0.4 is 5.11 Å². The number of carboxylic acids is 1. The molecule has 0 saturated heterocycles. The monoisotopic (exact) mass is 212 g/mol. The van der Waals surface area contributed by atoms with Gasteiger partial charge in [-0.3, -0.25) is 10.4 Å². The number of hydrogen-bond donors (Lipinski definition) is 3. The van der Waals surface area contributed by atoms with Gasteiger partial charge < -0.3 is 15.0 Å². The Morgan fingerprint density at radius 1 is 1.33 bits per heavy atom. The predicted molar refractivity (Wildman–Crippen MR) is 46.0 cm³/mol. The van der Waals surface area contributed by atoms with Gasteiger partial charge in [0.2, 0.25) is 0 Å². The van der Waals surface area contributed by atoms with Crippen LogP contribution in [0.2, 0.25) is 0 Å². The lowest BCUT2D eigenvalue weighted by atomic mass is 10.1. The zero-order valence-electron chi connectivity index (χ0n) is 7.70. The summed E-state index contributed by atoms with van der Waals surface area (Å²) in [5.41, 5.74) is 0.537. The maximum atomic E-state index is 10.5. The molecule has 1 rings (SSSR count). The summed E-state index contributed by atoms with van der Waals surface area (Å²) >= 11 is 0. The van der Waals surface area contributed by atoms with Gasteiger partial charge in [0.05, 0.1) is 5.97 Å². The summed E-state index contributed by atoms with van der Waals surface area (Å²) in [4.78, 5) is 10.5. The first-order chi connectivity index (χ1) is 7.00. The molecule has 6 heteroatoms. The fourth-order valence-corrected chi connectivity index (χ4v) is 1.11. The number of rotatable bonds is 4. The number of carbonyl (C=O) groups is 1. The van der Waals surface area contributed by atoms with Gasteiger partial charge in [-0.15, -0.1) is 0 Å². The van der Waals surface area contributed by atoms with Crippen LogP contribution in [0.5, 0.6) is 5.75 Å². The molecule has 15 heavy (non-hydrogen) atoms. The van der Waals surface area contributed by atoms with Gasteiger partial charge in [0.1, 0.15) is 11.8 Å². The fraction of sp³-hybridized carbons (Fsp3) is 0.222. The van der Waals surface area contributed by atoms with Crippen molar-refractivity contribution in [3.05, 3.63) is 29.8 Å². The molecule has 0 aliphatic carbocycles. The molecule has 0 amide bonds. The molecule has 0 radical (unpaired) electrons. The number of benzene rings is 1. The summed E-state index contributed by atoms with van der Waals surface area (Å²) in [6.07, 6.45) is -0.129. The Morgan fingerprint density at radius 2 is 1.87 bits per heavy atom. The Balaban J connectivity index is 2.74. The van der Waals surface area contributed by atoms with E-state index in [1.807, 2.05) is 0 Å². The zero-order valence-corrected chi connectivity index (χ0v) is 7.70. The maximum Gasteiger partial charge on any atom is 0.115 e. The Kier molecular flexibility index (Phi) is 3.62. The molecule has 1 aromatic carbocycles. The molecule has 1 atom stereocenters. The minimum atomic E-state index is -1.59. The molecule has 0 aliphatic rings.